The number of amides is 2. The van der Waals surface area contributed by atoms with Crippen molar-refractivity contribution < 1.29 is 14.5 Å². The summed E-state index contributed by atoms with van der Waals surface area (Å²) in [5.74, 6) is -0.809. The van der Waals surface area contributed by atoms with E-state index in [1.807, 2.05) is 24.3 Å². The molecule has 1 N–H and O–H groups in total. The second kappa shape index (κ2) is 9.40. The number of hydrogen-bond donors (Lipinski definition) is 1. The first-order valence-electron chi connectivity index (χ1n) is 9.23. The number of nitrogens with one attached hydrogen (secondary N) is 1. The van der Waals surface area contributed by atoms with E-state index in [0.717, 1.165) is 28.6 Å². The monoisotopic (exact) mass is 433 g/mol. The molecule has 1 fully saturated rings. The van der Waals surface area contributed by atoms with Crippen molar-refractivity contribution in [3.63, 3.8) is 0 Å². The molecule has 0 saturated carbocycles. The van der Waals surface area contributed by atoms with Crippen molar-refractivity contribution in [3.8, 4) is 0 Å². The fourth-order valence-corrected chi connectivity index (χ4v) is 3.24. The van der Waals surface area contributed by atoms with Crippen molar-refractivity contribution in [2.45, 2.75) is 6.54 Å². The standard InChI is InChI=1S/C19H20ClN5O5/c20-14-1-3-15(4-2-14)22-7-9-23(10-8-22)19(28)11-21-17(26)13-24-12-16(25(29)30)5-6-18(24)27/h1-6,12H,7-11,13H2,(H,21,26). The Labute approximate surface area is 176 Å². The van der Waals surface area contributed by atoms with Crippen LogP contribution < -0.4 is 15.8 Å². The summed E-state index contributed by atoms with van der Waals surface area (Å²) < 4.78 is 0.933. The van der Waals surface area contributed by atoms with E-state index < -0.39 is 22.9 Å². The van der Waals surface area contributed by atoms with Gasteiger partial charge in [0.1, 0.15) is 6.54 Å². The zero-order valence-electron chi connectivity index (χ0n) is 16.0. The summed E-state index contributed by atoms with van der Waals surface area (Å²) in [6.45, 7) is 1.74. The average Bonchev–Trinajstić information content (AvgIpc) is 2.74. The molecular weight excluding hydrogens is 414 g/mol. The van der Waals surface area contributed by atoms with Gasteiger partial charge in [0.15, 0.2) is 0 Å². The normalized spacial score (nSPS) is 13.8. The number of anilines is 1. The van der Waals surface area contributed by atoms with E-state index in [4.69, 9.17) is 11.6 Å². The highest BCUT2D eigenvalue weighted by Crippen LogP contribution is 2.19. The number of rotatable bonds is 6. The summed E-state index contributed by atoms with van der Waals surface area (Å²) in [6, 6.07) is 9.58. The molecule has 2 aromatic rings. The fraction of sp³-hybridized carbons (Fsp3) is 0.316. The van der Waals surface area contributed by atoms with Gasteiger partial charge in [0.05, 0.1) is 17.7 Å². The summed E-state index contributed by atoms with van der Waals surface area (Å²) in [5, 5.41) is 13.9. The molecule has 0 unspecified atom stereocenters. The lowest BCUT2D eigenvalue weighted by Gasteiger charge is -2.36. The van der Waals surface area contributed by atoms with E-state index in [2.05, 4.69) is 10.2 Å². The highest BCUT2D eigenvalue weighted by atomic mass is 35.5. The Morgan fingerprint density at radius 2 is 1.73 bits per heavy atom. The Morgan fingerprint density at radius 1 is 1.07 bits per heavy atom. The van der Waals surface area contributed by atoms with Gasteiger partial charge < -0.3 is 15.1 Å². The summed E-state index contributed by atoms with van der Waals surface area (Å²) in [4.78, 5) is 50.1. The zero-order chi connectivity index (χ0) is 21.7. The molecule has 0 spiro atoms. The minimum absolute atomic E-state index is 0.205. The number of benzene rings is 1. The van der Waals surface area contributed by atoms with Gasteiger partial charge >= 0.3 is 0 Å². The molecule has 10 nitrogen and oxygen atoms in total. The SMILES string of the molecule is O=C(Cn1cc([N+](=O)[O-])ccc1=O)NCC(=O)N1CCN(c2ccc(Cl)cc2)CC1. The number of hydrogen-bond acceptors (Lipinski definition) is 6. The Morgan fingerprint density at radius 3 is 2.37 bits per heavy atom. The summed E-state index contributed by atoms with van der Waals surface area (Å²) in [5.41, 5.74) is 0.194. The second-order valence-corrected chi connectivity index (χ2v) is 7.17. The van der Waals surface area contributed by atoms with Crippen molar-refractivity contribution in [1.29, 1.82) is 0 Å². The molecular formula is C19H20ClN5O5. The van der Waals surface area contributed by atoms with Gasteiger partial charge in [-0.2, -0.15) is 0 Å². The lowest BCUT2D eigenvalue weighted by atomic mass is 10.2. The first-order chi connectivity index (χ1) is 14.3. The minimum Gasteiger partial charge on any atom is -0.368 e. The lowest BCUT2D eigenvalue weighted by molar-refractivity contribution is -0.385. The third-order valence-corrected chi connectivity index (χ3v) is 5.01. The fourth-order valence-electron chi connectivity index (χ4n) is 3.11. The van der Waals surface area contributed by atoms with Crippen molar-refractivity contribution in [2.24, 2.45) is 0 Å². The van der Waals surface area contributed by atoms with Gasteiger partial charge in [0.2, 0.25) is 11.8 Å². The van der Waals surface area contributed by atoms with Crippen LogP contribution in [-0.4, -0.2) is 58.9 Å². The van der Waals surface area contributed by atoms with Crippen molar-refractivity contribution in [2.75, 3.05) is 37.6 Å². The maximum atomic E-state index is 12.4. The molecule has 3 rings (SSSR count). The maximum Gasteiger partial charge on any atom is 0.285 e. The maximum absolute atomic E-state index is 12.4. The Hall–Kier alpha value is -3.40. The van der Waals surface area contributed by atoms with E-state index in [-0.39, 0.29) is 18.1 Å². The summed E-state index contributed by atoms with van der Waals surface area (Å²) in [6.07, 6.45) is 1.000. The molecule has 158 valence electrons. The number of carbonyl (C=O) groups excluding carboxylic acids is 2. The average molecular weight is 434 g/mol. The Balaban J connectivity index is 1.47. The third-order valence-electron chi connectivity index (χ3n) is 4.75. The van der Waals surface area contributed by atoms with Crippen molar-refractivity contribution in [3.05, 3.63) is 68.1 Å². The van der Waals surface area contributed by atoms with Crippen LogP contribution in [0, 0.1) is 10.1 Å². The highest BCUT2D eigenvalue weighted by molar-refractivity contribution is 6.30. The van der Waals surface area contributed by atoms with E-state index in [1.54, 1.807) is 4.90 Å². The van der Waals surface area contributed by atoms with Crippen LogP contribution in [-0.2, 0) is 16.1 Å². The number of carbonyl (C=O) groups is 2. The van der Waals surface area contributed by atoms with Gasteiger partial charge in [0, 0.05) is 49.0 Å². The molecule has 1 aromatic heterocycles. The van der Waals surface area contributed by atoms with Crippen LogP contribution in [0.3, 0.4) is 0 Å². The van der Waals surface area contributed by atoms with Gasteiger partial charge in [-0.15, -0.1) is 0 Å². The summed E-state index contributed by atoms with van der Waals surface area (Å²) >= 11 is 5.90. The molecule has 1 aliphatic heterocycles. The quantitative estimate of drug-likeness (QED) is 0.533. The smallest absolute Gasteiger partial charge is 0.285 e. The van der Waals surface area contributed by atoms with Crippen LogP contribution in [0.1, 0.15) is 0 Å². The molecule has 0 aliphatic carbocycles. The number of piperazine rings is 1. The molecule has 2 amide bonds. The predicted octanol–water partition coefficient (Wildman–Crippen LogP) is 0.875. The van der Waals surface area contributed by atoms with Crippen LogP contribution in [0.4, 0.5) is 11.4 Å². The van der Waals surface area contributed by atoms with Gasteiger partial charge in [-0.25, -0.2) is 0 Å². The predicted molar refractivity (Wildman–Crippen MR) is 111 cm³/mol. The van der Waals surface area contributed by atoms with E-state index >= 15 is 0 Å². The molecule has 2 heterocycles. The van der Waals surface area contributed by atoms with Crippen molar-refractivity contribution in [1.82, 2.24) is 14.8 Å². The van der Waals surface area contributed by atoms with Gasteiger partial charge in [-0.3, -0.25) is 29.1 Å². The topological polar surface area (TPSA) is 118 Å². The molecule has 1 saturated heterocycles. The molecule has 0 bridgehead atoms. The minimum atomic E-state index is -0.652. The van der Waals surface area contributed by atoms with Gasteiger partial charge in [-0.1, -0.05) is 11.6 Å². The number of pyridine rings is 1. The molecule has 11 heteroatoms. The molecule has 1 aliphatic rings. The molecule has 1 aromatic carbocycles. The second-order valence-electron chi connectivity index (χ2n) is 6.73. The number of aromatic nitrogens is 1. The largest absolute Gasteiger partial charge is 0.368 e. The molecule has 30 heavy (non-hydrogen) atoms. The van der Waals surface area contributed by atoms with E-state index in [9.17, 15) is 24.5 Å². The van der Waals surface area contributed by atoms with Crippen molar-refractivity contribution >= 4 is 34.8 Å². The van der Waals surface area contributed by atoms with Crippen LogP contribution >= 0.6 is 11.6 Å². The third kappa shape index (κ3) is 5.35. The van der Waals surface area contributed by atoms with E-state index in [1.165, 1.54) is 0 Å². The van der Waals surface area contributed by atoms with Gasteiger partial charge in [0.25, 0.3) is 11.2 Å². The van der Waals surface area contributed by atoms with Crippen LogP contribution in [0.15, 0.2) is 47.4 Å². The lowest BCUT2D eigenvalue weighted by Crippen LogP contribution is -2.51. The van der Waals surface area contributed by atoms with E-state index in [0.29, 0.717) is 31.2 Å². The number of nitrogens with zero attached hydrogens (tertiary/aromatic N) is 4. The Bertz CT molecular complexity index is 999. The molecule has 0 radical (unpaired) electrons. The first-order valence-corrected chi connectivity index (χ1v) is 9.61. The van der Waals surface area contributed by atoms with Gasteiger partial charge in [-0.05, 0) is 24.3 Å². The number of nitro groups is 1. The molecule has 0 atom stereocenters. The van der Waals surface area contributed by atoms with Crippen LogP contribution in [0.5, 0.6) is 0 Å². The highest BCUT2D eigenvalue weighted by Gasteiger charge is 2.21. The first kappa shape index (κ1) is 21.3. The van der Waals surface area contributed by atoms with Crippen LogP contribution in [0.2, 0.25) is 5.02 Å². The number of halogens is 1. The Kier molecular flexibility index (Phi) is 6.68. The zero-order valence-corrected chi connectivity index (χ0v) is 16.7. The van der Waals surface area contributed by atoms with Crippen LogP contribution in [0.25, 0.3) is 0 Å². The summed E-state index contributed by atoms with van der Waals surface area (Å²) in [7, 11) is 0.